The molecule has 0 amide bonds. The first-order chi connectivity index (χ1) is 8.26. The first kappa shape index (κ1) is 13.5. The van der Waals surface area contributed by atoms with E-state index < -0.39 is 0 Å². The molecule has 0 spiro atoms. The fourth-order valence-electron chi connectivity index (χ4n) is 1.98. The SMILES string of the molecule is CCC(CC)N(CCO)c1ccc(C#N)nc1. The van der Waals surface area contributed by atoms with Gasteiger partial charge in [0.05, 0.1) is 18.5 Å². The second kappa shape index (κ2) is 6.87. The van der Waals surface area contributed by atoms with Gasteiger partial charge in [-0.3, -0.25) is 0 Å². The van der Waals surface area contributed by atoms with Crippen LogP contribution in [0.5, 0.6) is 0 Å². The van der Waals surface area contributed by atoms with Gasteiger partial charge in [-0.1, -0.05) is 13.8 Å². The predicted octanol–water partition coefficient (Wildman–Crippen LogP) is 1.94. The highest BCUT2D eigenvalue weighted by molar-refractivity contribution is 5.46. The Hall–Kier alpha value is -1.60. The fraction of sp³-hybridized carbons (Fsp3) is 0.538. The maximum Gasteiger partial charge on any atom is 0.140 e. The molecule has 4 heteroatoms. The van der Waals surface area contributed by atoms with Gasteiger partial charge in [0, 0.05) is 12.6 Å². The second-order valence-electron chi connectivity index (χ2n) is 3.90. The third kappa shape index (κ3) is 3.43. The Morgan fingerprint density at radius 1 is 1.41 bits per heavy atom. The zero-order valence-corrected chi connectivity index (χ0v) is 10.4. The second-order valence-corrected chi connectivity index (χ2v) is 3.90. The summed E-state index contributed by atoms with van der Waals surface area (Å²) in [7, 11) is 0. The van der Waals surface area contributed by atoms with Crippen molar-refractivity contribution >= 4 is 5.69 Å². The molecule has 1 N–H and O–H groups in total. The van der Waals surface area contributed by atoms with E-state index in [0.717, 1.165) is 18.5 Å². The third-order valence-electron chi connectivity index (χ3n) is 2.92. The van der Waals surface area contributed by atoms with Crippen LogP contribution in [-0.2, 0) is 0 Å². The van der Waals surface area contributed by atoms with Crippen LogP contribution in [0.2, 0.25) is 0 Å². The van der Waals surface area contributed by atoms with E-state index in [4.69, 9.17) is 10.4 Å². The molecule has 0 aliphatic rings. The lowest BCUT2D eigenvalue weighted by molar-refractivity contribution is 0.296. The summed E-state index contributed by atoms with van der Waals surface area (Å²) in [6, 6.07) is 6.00. The number of nitrogens with zero attached hydrogens (tertiary/aromatic N) is 3. The molecule has 0 aliphatic heterocycles. The normalized spacial score (nSPS) is 10.3. The van der Waals surface area contributed by atoms with Crippen molar-refractivity contribution in [3.05, 3.63) is 24.0 Å². The first-order valence-electron chi connectivity index (χ1n) is 6.00. The Morgan fingerprint density at radius 3 is 2.53 bits per heavy atom. The van der Waals surface area contributed by atoms with Gasteiger partial charge in [-0.2, -0.15) is 5.26 Å². The molecule has 0 fully saturated rings. The Morgan fingerprint density at radius 2 is 2.12 bits per heavy atom. The van der Waals surface area contributed by atoms with Crippen LogP contribution in [0.3, 0.4) is 0 Å². The predicted molar refractivity (Wildman–Crippen MR) is 67.8 cm³/mol. The van der Waals surface area contributed by atoms with E-state index in [-0.39, 0.29) is 6.61 Å². The topological polar surface area (TPSA) is 60.1 Å². The maximum atomic E-state index is 9.12. The lowest BCUT2D eigenvalue weighted by atomic mass is 10.1. The molecule has 4 nitrogen and oxygen atoms in total. The van der Waals surface area contributed by atoms with Gasteiger partial charge >= 0.3 is 0 Å². The standard InChI is InChI=1S/C13H19N3O/c1-3-12(4-2)16(7-8-17)13-6-5-11(9-14)15-10-13/h5-6,10,12,17H,3-4,7-8H2,1-2H3. The van der Waals surface area contributed by atoms with Crippen molar-refractivity contribution in [2.75, 3.05) is 18.1 Å². The number of anilines is 1. The minimum Gasteiger partial charge on any atom is -0.395 e. The average Bonchev–Trinajstić information content (AvgIpc) is 2.39. The highest BCUT2D eigenvalue weighted by Crippen LogP contribution is 2.19. The third-order valence-corrected chi connectivity index (χ3v) is 2.92. The summed E-state index contributed by atoms with van der Waals surface area (Å²) in [6.45, 7) is 4.99. The van der Waals surface area contributed by atoms with Crippen molar-refractivity contribution in [3.8, 4) is 6.07 Å². The molecule has 0 atom stereocenters. The molecule has 0 aromatic carbocycles. The van der Waals surface area contributed by atoms with Gasteiger partial charge < -0.3 is 10.0 Å². The molecule has 1 aromatic heterocycles. The molecule has 0 saturated carbocycles. The summed E-state index contributed by atoms with van der Waals surface area (Å²) in [4.78, 5) is 6.21. The number of nitriles is 1. The van der Waals surface area contributed by atoms with E-state index >= 15 is 0 Å². The van der Waals surface area contributed by atoms with Crippen LogP contribution in [0.25, 0.3) is 0 Å². The van der Waals surface area contributed by atoms with Crippen molar-refractivity contribution in [1.82, 2.24) is 4.98 Å². The minimum absolute atomic E-state index is 0.122. The van der Waals surface area contributed by atoms with E-state index in [1.165, 1.54) is 0 Å². The Bertz CT molecular complexity index is 365. The molecule has 1 rings (SSSR count). The van der Waals surface area contributed by atoms with Gasteiger partial charge in [0.2, 0.25) is 0 Å². The Kier molecular flexibility index (Phi) is 5.44. The summed E-state index contributed by atoms with van der Waals surface area (Å²) in [5.74, 6) is 0. The highest BCUT2D eigenvalue weighted by atomic mass is 16.3. The van der Waals surface area contributed by atoms with Crippen LogP contribution in [0.4, 0.5) is 5.69 Å². The highest BCUT2D eigenvalue weighted by Gasteiger charge is 2.15. The monoisotopic (exact) mass is 233 g/mol. The van der Waals surface area contributed by atoms with Crippen LogP contribution in [0, 0.1) is 11.3 Å². The number of rotatable bonds is 6. The first-order valence-corrected chi connectivity index (χ1v) is 6.00. The maximum absolute atomic E-state index is 9.12. The number of aliphatic hydroxyl groups is 1. The summed E-state index contributed by atoms with van der Waals surface area (Å²) < 4.78 is 0. The zero-order chi connectivity index (χ0) is 12.7. The van der Waals surface area contributed by atoms with Crippen LogP contribution in [-0.4, -0.2) is 29.3 Å². The van der Waals surface area contributed by atoms with Gasteiger partial charge in [-0.25, -0.2) is 4.98 Å². The summed E-state index contributed by atoms with van der Waals surface area (Å²) in [6.07, 6.45) is 3.75. The van der Waals surface area contributed by atoms with E-state index in [0.29, 0.717) is 18.3 Å². The van der Waals surface area contributed by atoms with Crippen LogP contribution in [0.1, 0.15) is 32.4 Å². The number of hydrogen-bond acceptors (Lipinski definition) is 4. The molecule has 0 unspecified atom stereocenters. The van der Waals surface area contributed by atoms with Crippen molar-refractivity contribution in [2.45, 2.75) is 32.7 Å². The molecule has 17 heavy (non-hydrogen) atoms. The molecular formula is C13H19N3O. The summed E-state index contributed by atoms with van der Waals surface area (Å²) >= 11 is 0. The molecule has 0 bridgehead atoms. The lowest BCUT2D eigenvalue weighted by Gasteiger charge is -2.31. The fourth-order valence-corrected chi connectivity index (χ4v) is 1.98. The number of hydrogen-bond donors (Lipinski definition) is 1. The number of pyridine rings is 1. The molecule has 0 radical (unpaired) electrons. The van der Waals surface area contributed by atoms with Crippen molar-refractivity contribution < 1.29 is 5.11 Å². The van der Waals surface area contributed by atoms with Crippen LogP contribution < -0.4 is 4.90 Å². The van der Waals surface area contributed by atoms with E-state index in [1.807, 2.05) is 12.1 Å². The minimum atomic E-state index is 0.122. The van der Waals surface area contributed by atoms with E-state index in [2.05, 4.69) is 23.7 Å². The quantitative estimate of drug-likeness (QED) is 0.815. The van der Waals surface area contributed by atoms with E-state index in [9.17, 15) is 0 Å². The van der Waals surface area contributed by atoms with Gasteiger partial charge in [0.1, 0.15) is 11.8 Å². The Balaban J connectivity index is 2.92. The zero-order valence-electron chi connectivity index (χ0n) is 10.4. The largest absolute Gasteiger partial charge is 0.395 e. The summed E-state index contributed by atoms with van der Waals surface area (Å²) in [5.41, 5.74) is 1.38. The van der Waals surface area contributed by atoms with Crippen LogP contribution in [0.15, 0.2) is 18.3 Å². The smallest absolute Gasteiger partial charge is 0.140 e. The van der Waals surface area contributed by atoms with Gasteiger partial charge in [0.25, 0.3) is 0 Å². The van der Waals surface area contributed by atoms with E-state index in [1.54, 1.807) is 12.3 Å². The molecule has 1 heterocycles. The molecule has 92 valence electrons. The van der Waals surface area contributed by atoms with Crippen molar-refractivity contribution in [3.63, 3.8) is 0 Å². The lowest BCUT2D eigenvalue weighted by Crippen LogP contribution is -2.36. The molecular weight excluding hydrogens is 214 g/mol. The van der Waals surface area contributed by atoms with Gasteiger partial charge in [-0.05, 0) is 25.0 Å². The van der Waals surface area contributed by atoms with Gasteiger partial charge in [0.15, 0.2) is 0 Å². The van der Waals surface area contributed by atoms with Crippen molar-refractivity contribution in [2.24, 2.45) is 0 Å². The molecule has 0 saturated heterocycles. The number of aliphatic hydroxyl groups excluding tert-OH is 1. The molecule has 0 aliphatic carbocycles. The summed E-state index contributed by atoms with van der Waals surface area (Å²) in [5, 5.41) is 17.8. The Labute approximate surface area is 103 Å². The number of aromatic nitrogens is 1. The van der Waals surface area contributed by atoms with Crippen molar-refractivity contribution in [1.29, 1.82) is 5.26 Å². The van der Waals surface area contributed by atoms with Gasteiger partial charge in [-0.15, -0.1) is 0 Å². The van der Waals surface area contributed by atoms with Crippen LogP contribution >= 0.6 is 0 Å². The average molecular weight is 233 g/mol. The molecule has 1 aromatic rings.